The Balaban J connectivity index is 1.47. The lowest BCUT2D eigenvalue weighted by Gasteiger charge is -2.16. The fourth-order valence-electron chi connectivity index (χ4n) is 3.00. The minimum absolute atomic E-state index is 0.158. The Morgan fingerprint density at radius 2 is 2.03 bits per heavy atom. The first-order chi connectivity index (χ1) is 15.0. The van der Waals surface area contributed by atoms with Gasteiger partial charge in [0.1, 0.15) is 18.2 Å². The summed E-state index contributed by atoms with van der Waals surface area (Å²) >= 11 is 7.54. The van der Waals surface area contributed by atoms with Gasteiger partial charge in [0.05, 0.1) is 11.4 Å². The Morgan fingerprint density at radius 3 is 2.74 bits per heavy atom. The van der Waals surface area contributed by atoms with Crippen LogP contribution in [0.25, 0.3) is 5.69 Å². The first kappa shape index (κ1) is 21.1. The molecule has 2 aromatic heterocycles. The zero-order valence-corrected chi connectivity index (χ0v) is 18.5. The number of H-pyrrole nitrogens is 1. The maximum absolute atomic E-state index is 12.8. The van der Waals surface area contributed by atoms with Gasteiger partial charge in [0.25, 0.3) is 0 Å². The Kier molecular flexibility index (Phi) is 6.34. The van der Waals surface area contributed by atoms with Crippen LogP contribution >= 0.6 is 23.4 Å². The van der Waals surface area contributed by atoms with Gasteiger partial charge in [-0.05, 0) is 37.1 Å². The molecule has 4 aromatic rings. The van der Waals surface area contributed by atoms with Crippen LogP contribution in [0.2, 0.25) is 5.02 Å². The van der Waals surface area contributed by atoms with Gasteiger partial charge in [0, 0.05) is 5.02 Å². The lowest BCUT2D eigenvalue weighted by molar-refractivity contribution is -0.119. The van der Waals surface area contributed by atoms with Gasteiger partial charge in [-0.1, -0.05) is 59.8 Å². The van der Waals surface area contributed by atoms with Crippen molar-refractivity contribution in [3.05, 3.63) is 82.7 Å². The third-order valence-electron chi connectivity index (χ3n) is 4.59. The van der Waals surface area contributed by atoms with Crippen molar-refractivity contribution in [2.45, 2.75) is 25.0 Å². The molecular weight excluding hydrogens is 434 g/mol. The molecule has 4 rings (SSSR count). The number of thioether (sulfide) groups is 1. The van der Waals surface area contributed by atoms with Crippen LogP contribution in [-0.4, -0.2) is 41.6 Å². The van der Waals surface area contributed by atoms with Crippen LogP contribution in [0.5, 0.6) is 0 Å². The summed E-state index contributed by atoms with van der Waals surface area (Å²) < 4.78 is 1.80. The molecule has 158 valence electrons. The lowest BCUT2D eigenvalue weighted by Crippen LogP contribution is -2.31. The minimum Gasteiger partial charge on any atom is -0.341 e. The Morgan fingerprint density at radius 1 is 1.23 bits per heavy atom. The number of nitrogens with one attached hydrogen (secondary N) is 2. The Bertz CT molecular complexity index is 1190. The molecular formula is C21H20ClN7OS. The van der Waals surface area contributed by atoms with E-state index in [9.17, 15) is 4.79 Å². The molecule has 2 heterocycles. The van der Waals surface area contributed by atoms with Crippen molar-refractivity contribution in [2.75, 3.05) is 5.75 Å². The third kappa shape index (κ3) is 4.95. The molecule has 0 fully saturated rings. The summed E-state index contributed by atoms with van der Waals surface area (Å²) in [5.74, 6) is 1.19. The highest BCUT2D eigenvalue weighted by Gasteiger charge is 2.21. The number of carbonyl (C=O) groups excluding carboxylic acids is 1. The molecule has 0 aliphatic rings. The van der Waals surface area contributed by atoms with Gasteiger partial charge >= 0.3 is 0 Å². The number of hydrogen-bond acceptors (Lipinski definition) is 6. The number of aromatic nitrogens is 6. The summed E-state index contributed by atoms with van der Waals surface area (Å²) in [6.07, 6.45) is 1.60. The quantitative estimate of drug-likeness (QED) is 0.414. The molecule has 0 radical (unpaired) electrons. The number of rotatable bonds is 7. The van der Waals surface area contributed by atoms with E-state index in [1.54, 1.807) is 10.9 Å². The van der Waals surface area contributed by atoms with Crippen molar-refractivity contribution in [3.63, 3.8) is 0 Å². The second-order valence-electron chi connectivity index (χ2n) is 6.90. The monoisotopic (exact) mass is 453 g/mol. The highest BCUT2D eigenvalue weighted by molar-refractivity contribution is 7.99. The van der Waals surface area contributed by atoms with Crippen LogP contribution in [-0.2, 0) is 4.79 Å². The zero-order valence-electron chi connectivity index (χ0n) is 16.9. The van der Waals surface area contributed by atoms with Gasteiger partial charge in [-0.3, -0.25) is 14.5 Å². The van der Waals surface area contributed by atoms with Crippen molar-refractivity contribution in [3.8, 4) is 5.69 Å². The summed E-state index contributed by atoms with van der Waals surface area (Å²) in [6, 6.07) is 14.9. The van der Waals surface area contributed by atoms with Crippen LogP contribution in [0.4, 0.5) is 0 Å². The standard InChI is InChI=1S/C21H20ClN7OS/c1-13-8-9-16(10-17(13)22)29-12-23-28-21(29)31-11-18(30)25-19(15-6-4-3-5-7-15)20-24-14(2)26-27-20/h3-10,12,19H,11H2,1-2H3,(H,25,30)(H,24,26,27)/t19-/m0/s1. The van der Waals surface area contributed by atoms with E-state index in [4.69, 9.17) is 11.6 Å². The van der Waals surface area contributed by atoms with Crippen molar-refractivity contribution in [2.24, 2.45) is 0 Å². The van der Waals surface area contributed by atoms with Gasteiger partial charge in [-0.2, -0.15) is 5.10 Å². The van der Waals surface area contributed by atoms with Crippen LogP contribution in [0.3, 0.4) is 0 Å². The van der Waals surface area contributed by atoms with E-state index in [0.29, 0.717) is 21.8 Å². The lowest BCUT2D eigenvalue weighted by atomic mass is 10.1. The molecule has 0 saturated heterocycles. The first-order valence-electron chi connectivity index (χ1n) is 9.54. The number of hydrogen-bond donors (Lipinski definition) is 2. The fraction of sp³-hybridized carbons (Fsp3) is 0.190. The summed E-state index contributed by atoms with van der Waals surface area (Å²) in [6.45, 7) is 3.76. The SMILES string of the molecule is Cc1nc([C@@H](NC(=O)CSc2nncn2-c2ccc(C)c(Cl)c2)c2ccccc2)n[nH]1. The number of carbonyl (C=O) groups is 1. The summed E-state index contributed by atoms with van der Waals surface area (Å²) in [7, 11) is 0. The van der Waals surface area contributed by atoms with E-state index in [-0.39, 0.29) is 11.7 Å². The van der Waals surface area contributed by atoms with Gasteiger partial charge in [0.15, 0.2) is 11.0 Å². The van der Waals surface area contributed by atoms with Crippen LogP contribution in [0.15, 0.2) is 60.0 Å². The van der Waals surface area contributed by atoms with Crippen molar-refractivity contribution in [1.82, 2.24) is 35.3 Å². The maximum atomic E-state index is 12.8. The summed E-state index contributed by atoms with van der Waals surface area (Å²) in [4.78, 5) is 17.2. The van der Waals surface area contributed by atoms with Crippen LogP contribution in [0, 0.1) is 13.8 Å². The maximum Gasteiger partial charge on any atom is 0.231 e. The second-order valence-corrected chi connectivity index (χ2v) is 8.25. The minimum atomic E-state index is -0.451. The van der Waals surface area contributed by atoms with Gasteiger partial charge in [0.2, 0.25) is 5.91 Å². The molecule has 8 nitrogen and oxygen atoms in total. The number of nitrogens with zero attached hydrogens (tertiary/aromatic N) is 5. The van der Waals surface area contributed by atoms with E-state index in [1.807, 2.05) is 62.4 Å². The van der Waals surface area contributed by atoms with E-state index < -0.39 is 6.04 Å². The molecule has 0 bridgehead atoms. The molecule has 2 N–H and O–H groups in total. The number of benzene rings is 2. The molecule has 0 unspecified atom stereocenters. The van der Waals surface area contributed by atoms with Gasteiger partial charge < -0.3 is 5.32 Å². The van der Waals surface area contributed by atoms with Crippen molar-refractivity contribution in [1.29, 1.82) is 0 Å². The van der Waals surface area contributed by atoms with E-state index in [2.05, 4.69) is 30.7 Å². The number of aromatic amines is 1. The number of aryl methyl sites for hydroxylation is 2. The Hall–Kier alpha value is -3.17. The normalized spacial score (nSPS) is 12.0. The molecule has 31 heavy (non-hydrogen) atoms. The van der Waals surface area contributed by atoms with Crippen LogP contribution < -0.4 is 5.32 Å². The fourth-order valence-corrected chi connectivity index (χ4v) is 3.91. The Labute approximate surface area is 188 Å². The summed E-state index contributed by atoms with van der Waals surface area (Å²) in [5.41, 5.74) is 2.72. The van der Waals surface area contributed by atoms with Gasteiger partial charge in [-0.25, -0.2) is 4.98 Å². The zero-order chi connectivity index (χ0) is 21.8. The largest absolute Gasteiger partial charge is 0.341 e. The number of amides is 1. The predicted octanol–water partition coefficient (Wildman–Crippen LogP) is 3.65. The van der Waals surface area contributed by atoms with Crippen molar-refractivity contribution >= 4 is 29.3 Å². The van der Waals surface area contributed by atoms with E-state index in [0.717, 1.165) is 16.8 Å². The van der Waals surface area contributed by atoms with E-state index in [1.165, 1.54) is 11.8 Å². The topological polar surface area (TPSA) is 101 Å². The molecule has 1 atom stereocenters. The highest BCUT2D eigenvalue weighted by atomic mass is 35.5. The average molecular weight is 454 g/mol. The predicted molar refractivity (Wildman–Crippen MR) is 119 cm³/mol. The summed E-state index contributed by atoms with van der Waals surface area (Å²) in [5, 5.41) is 19.5. The van der Waals surface area contributed by atoms with Gasteiger partial charge in [-0.15, -0.1) is 10.2 Å². The molecule has 0 aliphatic heterocycles. The molecule has 1 amide bonds. The molecule has 10 heteroatoms. The molecule has 0 spiro atoms. The molecule has 0 aliphatic carbocycles. The first-order valence-corrected chi connectivity index (χ1v) is 10.9. The molecule has 0 saturated carbocycles. The van der Waals surface area contributed by atoms with Crippen LogP contribution in [0.1, 0.15) is 28.8 Å². The third-order valence-corrected chi connectivity index (χ3v) is 5.94. The van der Waals surface area contributed by atoms with Crippen molar-refractivity contribution < 1.29 is 4.79 Å². The smallest absolute Gasteiger partial charge is 0.231 e. The highest BCUT2D eigenvalue weighted by Crippen LogP contribution is 2.24. The second kappa shape index (κ2) is 9.32. The average Bonchev–Trinajstić information content (AvgIpc) is 3.42. The molecule has 2 aromatic carbocycles. The number of halogens is 1. The van der Waals surface area contributed by atoms with E-state index >= 15 is 0 Å².